The van der Waals surface area contributed by atoms with Crippen molar-refractivity contribution in [2.75, 3.05) is 13.1 Å². The van der Waals surface area contributed by atoms with E-state index in [4.69, 9.17) is 5.11 Å². The fourth-order valence-corrected chi connectivity index (χ4v) is 5.99. The van der Waals surface area contributed by atoms with Gasteiger partial charge < -0.3 is 31.3 Å². The molecule has 16 heteroatoms. The third-order valence-corrected chi connectivity index (χ3v) is 8.44. The number of aliphatic carboxylic acids is 1. The molecule has 1 saturated heterocycles. The van der Waals surface area contributed by atoms with E-state index < -0.39 is 89.8 Å². The Balaban J connectivity index is 1.83. The van der Waals surface area contributed by atoms with Gasteiger partial charge in [-0.25, -0.2) is 4.98 Å². The van der Waals surface area contributed by atoms with Gasteiger partial charge in [-0.15, -0.1) is 0 Å². The first-order chi connectivity index (χ1) is 22.2. The minimum Gasteiger partial charge on any atom is -0.480 e. The van der Waals surface area contributed by atoms with Gasteiger partial charge in [0.2, 0.25) is 23.5 Å². The van der Waals surface area contributed by atoms with E-state index in [9.17, 15) is 38.4 Å². The molecular weight excluding hydrogens is 614 g/mol. The van der Waals surface area contributed by atoms with Crippen LogP contribution in [0.3, 0.4) is 0 Å². The lowest BCUT2D eigenvalue weighted by Gasteiger charge is -2.33. The Morgan fingerprint density at radius 1 is 0.979 bits per heavy atom. The second-order valence-electron chi connectivity index (χ2n) is 12.5. The van der Waals surface area contributed by atoms with Gasteiger partial charge in [-0.3, -0.25) is 43.3 Å². The largest absolute Gasteiger partial charge is 0.480 e. The SMILES string of the molecule is CCCC(NC(=O)[C@@H]1[C@H]2CCC(=O)[C@H]2CN1C(=O)[C@@H](NC(=O)[C@@H](NC(=O)c1cnccn1)C(C)C)C(C)C)C(=O)C(=O)NCC(=O)O. The van der Waals surface area contributed by atoms with Crippen LogP contribution in [0, 0.1) is 23.7 Å². The lowest BCUT2D eigenvalue weighted by atomic mass is 9.92. The number of rotatable bonds is 15. The maximum atomic E-state index is 14.1. The molecule has 16 nitrogen and oxygen atoms in total. The van der Waals surface area contributed by atoms with Crippen LogP contribution in [0.2, 0.25) is 0 Å². The Kier molecular flexibility index (Phi) is 12.6. The number of likely N-dealkylation sites (tertiary alicyclic amines) is 1. The number of aromatic nitrogens is 2. The molecule has 256 valence electrons. The van der Waals surface area contributed by atoms with Gasteiger partial charge in [0.25, 0.3) is 11.8 Å². The normalized spacial score (nSPS) is 20.6. The number of carboxylic acid groups (broad SMARTS) is 1. The molecule has 2 aliphatic rings. The summed E-state index contributed by atoms with van der Waals surface area (Å²) in [6.45, 7) is 7.73. The monoisotopic (exact) mass is 657 g/mol. The van der Waals surface area contributed by atoms with E-state index in [2.05, 4.69) is 25.9 Å². The average molecular weight is 658 g/mol. The molecule has 0 radical (unpaired) electrons. The first-order valence-corrected chi connectivity index (χ1v) is 15.7. The molecule has 5 N–H and O–H groups in total. The summed E-state index contributed by atoms with van der Waals surface area (Å²) in [4.78, 5) is 112. The summed E-state index contributed by atoms with van der Waals surface area (Å²) in [6.07, 6.45) is 5.01. The maximum Gasteiger partial charge on any atom is 0.322 e. The smallest absolute Gasteiger partial charge is 0.322 e. The number of amides is 5. The van der Waals surface area contributed by atoms with Crippen molar-refractivity contribution in [3.05, 3.63) is 24.3 Å². The molecule has 1 aliphatic heterocycles. The van der Waals surface area contributed by atoms with E-state index in [0.717, 1.165) is 0 Å². The van der Waals surface area contributed by atoms with Gasteiger partial charge in [-0.1, -0.05) is 41.0 Å². The van der Waals surface area contributed by atoms with Gasteiger partial charge in [0, 0.05) is 37.2 Å². The highest BCUT2D eigenvalue weighted by Gasteiger charge is 2.54. The van der Waals surface area contributed by atoms with Crippen LogP contribution in [-0.2, 0) is 33.6 Å². The molecular formula is C31H43N7O9. The molecule has 0 bridgehead atoms. The lowest BCUT2D eigenvalue weighted by Crippen LogP contribution is -2.60. The zero-order valence-electron chi connectivity index (χ0n) is 27.1. The van der Waals surface area contributed by atoms with Gasteiger partial charge in [0.05, 0.1) is 12.2 Å². The zero-order chi connectivity index (χ0) is 35.0. The summed E-state index contributed by atoms with van der Waals surface area (Å²) in [7, 11) is 0. The van der Waals surface area contributed by atoms with Crippen molar-refractivity contribution in [1.82, 2.24) is 36.1 Å². The van der Waals surface area contributed by atoms with E-state index in [-0.39, 0.29) is 36.8 Å². The molecule has 1 unspecified atom stereocenters. The number of nitrogens with one attached hydrogen (secondary N) is 4. The number of nitrogens with zero attached hydrogens (tertiary/aromatic N) is 3. The standard InChI is InChI=1S/C31H43N7O9/c1-6-7-19(26(42)30(46)34-13-22(40)41)35-29(45)25-17-8-9-21(39)18(17)14-38(25)31(47)24(16(4)5)37-28(44)23(15(2)3)36-27(43)20-12-32-10-11-33-20/h10-12,15-19,23-25H,6-9,13-14H2,1-5H3,(H,34,46)(H,35,45)(H,36,43)(H,37,44)(H,40,41)/t17-,18-,19?,23-,24-,25-/m0/s1. The molecule has 1 saturated carbocycles. The van der Waals surface area contributed by atoms with Crippen LogP contribution in [0.4, 0.5) is 0 Å². The average Bonchev–Trinajstić information content (AvgIpc) is 3.59. The zero-order valence-corrected chi connectivity index (χ0v) is 27.1. The Morgan fingerprint density at radius 2 is 1.66 bits per heavy atom. The van der Waals surface area contributed by atoms with Crippen molar-refractivity contribution in [3.63, 3.8) is 0 Å². The summed E-state index contributed by atoms with van der Waals surface area (Å²) >= 11 is 0. The van der Waals surface area contributed by atoms with Gasteiger partial charge in [0.1, 0.15) is 36.1 Å². The Bertz CT molecular complexity index is 1380. The number of carbonyl (C=O) groups is 8. The van der Waals surface area contributed by atoms with E-state index in [0.29, 0.717) is 12.8 Å². The van der Waals surface area contributed by atoms with Crippen molar-refractivity contribution in [3.8, 4) is 0 Å². The number of hydrogen-bond acceptors (Lipinski definition) is 10. The second kappa shape index (κ2) is 16.2. The van der Waals surface area contributed by atoms with Crippen molar-refractivity contribution in [2.24, 2.45) is 23.7 Å². The summed E-state index contributed by atoms with van der Waals surface area (Å²) < 4.78 is 0. The number of fused-ring (bicyclic) bond motifs is 1. The quantitative estimate of drug-likeness (QED) is 0.147. The van der Waals surface area contributed by atoms with Crippen LogP contribution >= 0.6 is 0 Å². The number of hydrogen-bond donors (Lipinski definition) is 5. The summed E-state index contributed by atoms with van der Waals surface area (Å²) in [5.41, 5.74) is 0.00351. The van der Waals surface area contributed by atoms with E-state index in [1.54, 1.807) is 34.6 Å². The molecule has 1 aromatic rings. The molecule has 3 rings (SSSR count). The van der Waals surface area contributed by atoms with Crippen LogP contribution < -0.4 is 21.3 Å². The second-order valence-corrected chi connectivity index (χ2v) is 12.5. The highest BCUT2D eigenvalue weighted by atomic mass is 16.4. The van der Waals surface area contributed by atoms with Crippen molar-refractivity contribution >= 4 is 47.1 Å². The predicted molar refractivity (Wildman–Crippen MR) is 164 cm³/mol. The van der Waals surface area contributed by atoms with Crippen LogP contribution in [0.15, 0.2) is 18.6 Å². The number of carbonyl (C=O) groups excluding carboxylic acids is 7. The number of Topliss-reactive ketones (excluding diaryl/α,β-unsaturated/α-hetero) is 2. The minimum atomic E-state index is -1.35. The molecule has 2 heterocycles. The number of ketones is 2. The summed E-state index contributed by atoms with van der Waals surface area (Å²) in [5.74, 6) is -8.29. The van der Waals surface area contributed by atoms with E-state index >= 15 is 0 Å². The maximum absolute atomic E-state index is 14.1. The fraction of sp³-hybridized carbons (Fsp3) is 0.613. The first-order valence-electron chi connectivity index (χ1n) is 15.7. The van der Waals surface area contributed by atoms with E-state index in [1.165, 1.54) is 23.5 Å². The molecule has 6 atom stereocenters. The molecule has 1 aromatic heterocycles. The summed E-state index contributed by atoms with van der Waals surface area (Å²) in [6, 6.07) is -4.65. The van der Waals surface area contributed by atoms with Crippen molar-refractivity contribution < 1.29 is 43.5 Å². The van der Waals surface area contributed by atoms with Gasteiger partial charge in [-0.05, 0) is 24.7 Å². The lowest BCUT2D eigenvalue weighted by molar-refractivity contribution is -0.145. The van der Waals surface area contributed by atoms with Crippen LogP contribution in [0.25, 0.3) is 0 Å². The van der Waals surface area contributed by atoms with Crippen LogP contribution in [-0.4, -0.2) is 104 Å². The molecule has 0 aromatic carbocycles. The molecule has 47 heavy (non-hydrogen) atoms. The molecule has 5 amide bonds. The number of carboxylic acids is 1. The predicted octanol–water partition coefficient (Wildman–Crippen LogP) is -0.767. The third-order valence-electron chi connectivity index (χ3n) is 8.44. The minimum absolute atomic E-state index is 0.00351. The fourth-order valence-electron chi connectivity index (χ4n) is 5.99. The van der Waals surface area contributed by atoms with Gasteiger partial charge >= 0.3 is 5.97 Å². The highest BCUT2D eigenvalue weighted by Crippen LogP contribution is 2.41. The highest BCUT2D eigenvalue weighted by molar-refractivity contribution is 6.38. The first kappa shape index (κ1) is 36.7. The third kappa shape index (κ3) is 8.95. The molecule has 0 spiro atoms. The van der Waals surface area contributed by atoms with Crippen molar-refractivity contribution in [1.29, 1.82) is 0 Å². The molecule has 2 fully saturated rings. The van der Waals surface area contributed by atoms with Gasteiger partial charge in [0.15, 0.2) is 0 Å². The molecule has 1 aliphatic carbocycles. The van der Waals surface area contributed by atoms with Crippen LogP contribution in [0.5, 0.6) is 0 Å². The Hall–Kier alpha value is -4.76. The Morgan fingerprint density at radius 3 is 2.23 bits per heavy atom. The van der Waals surface area contributed by atoms with Crippen molar-refractivity contribution in [2.45, 2.75) is 84.5 Å². The van der Waals surface area contributed by atoms with E-state index in [1.807, 2.05) is 5.32 Å². The summed E-state index contributed by atoms with van der Waals surface area (Å²) in [5, 5.41) is 18.8. The van der Waals surface area contributed by atoms with Crippen LogP contribution in [0.1, 0.15) is 70.8 Å². The topological polar surface area (TPSA) is 234 Å². The Labute approximate surface area is 272 Å². The van der Waals surface area contributed by atoms with Gasteiger partial charge in [-0.2, -0.15) is 0 Å².